The molecule has 0 spiro atoms. The van der Waals surface area contributed by atoms with E-state index in [0.717, 1.165) is 37.8 Å². The molecule has 0 saturated heterocycles. The molecule has 0 radical (unpaired) electrons. The second kappa shape index (κ2) is 6.58. The maximum atomic E-state index is 11.3. The van der Waals surface area contributed by atoms with Crippen LogP contribution in [0.2, 0.25) is 0 Å². The molecule has 90 valence electrons. The molecule has 0 aliphatic heterocycles. The van der Waals surface area contributed by atoms with Crippen molar-refractivity contribution in [3.8, 4) is 0 Å². The van der Waals surface area contributed by atoms with Crippen LogP contribution in [0.25, 0.3) is 0 Å². The molecule has 1 aliphatic carbocycles. The molecular weight excluding hydrogens is 226 g/mol. The predicted octanol–water partition coefficient (Wildman–Crippen LogP) is 1.42. The van der Waals surface area contributed by atoms with Crippen LogP contribution < -0.4 is 5.32 Å². The topological polar surface area (TPSA) is 66.4 Å². The van der Waals surface area contributed by atoms with Gasteiger partial charge in [0.05, 0.1) is 0 Å². The summed E-state index contributed by atoms with van der Waals surface area (Å²) in [6.45, 7) is 0. The first-order valence-corrected chi connectivity index (χ1v) is 6.65. The Morgan fingerprint density at radius 1 is 1.25 bits per heavy atom. The average Bonchev–Trinajstić information content (AvgIpc) is 2.27. The highest BCUT2D eigenvalue weighted by Crippen LogP contribution is 2.26. The van der Waals surface area contributed by atoms with Crippen molar-refractivity contribution in [1.82, 2.24) is 5.32 Å². The maximum Gasteiger partial charge on any atom is 0.328 e. The predicted molar refractivity (Wildman–Crippen MR) is 64.5 cm³/mol. The molecule has 0 aromatic carbocycles. The van der Waals surface area contributed by atoms with Crippen LogP contribution in [0.3, 0.4) is 0 Å². The molecule has 0 aromatic rings. The second-order valence-corrected chi connectivity index (χ2v) is 5.03. The van der Waals surface area contributed by atoms with E-state index in [2.05, 4.69) is 11.6 Å². The Hall–Kier alpha value is -0.970. The highest BCUT2D eigenvalue weighted by molar-refractivity contribution is 7.99. The lowest BCUT2D eigenvalue weighted by Crippen LogP contribution is -2.37. The van der Waals surface area contributed by atoms with E-state index in [0.29, 0.717) is 5.25 Å². The smallest absolute Gasteiger partial charge is 0.328 e. The Morgan fingerprint density at radius 2 is 1.88 bits per heavy atom. The molecule has 1 rings (SSSR count). The van der Waals surface area contributed by atoms with E-state index >= 15 is 0 Å². The average molecular weight is 243 g/mol. The van der Waals surface area contributed by atoms with E-state index in [9.17, 15) is 9.59 Å². The number of carboxylic acid groups (broad SMARTS) is 1. The van der Waals surface area contributed by atoms with E-state index in [1.54, 1.807) is 0 Å². The number of hydrogen-bond donors (Lipinski definition) is 2. The van der Waals surface area contributed by atoms with Crippen LogP contribution in [-0.4, -0.2) is 34.5 Å². The molecule has 4 nitrogen and oxygen atoms in total. The number of rotatable bonds is 4. The molecule has 0 unspecified atom stereocenters. The van der Waals surface area contributed by atoms with E-state index in [1.165, 1.54) is 0 Å². The minimum absolute atomic E-state index is 0.203. The molecule has 1 amide bonds. The number of carboxylic acids is 1. The first-order valence-electron chi connectivity index (χ1n) is 5.36. The van der Waals surface area contributed by atoms with Crippen LogP contribution >= 0.6 is 11.8 Å². The maximum absolute atomic E-state index is 11.3. The fraction of sp³-hybridized carbons (Fsp3) is 0.636. The lowest BCUT2D eigenvalue weighted by molar-refractivity contribution is -0.131. The fourth-order valence-corrected chi connectivity index (χ4v) is 2.58. The molecular formula is C11H17NO3S. The van der Waals surface area contributed by atoms with Crippen molar-refractivity contribution in [2.45, 2.75) is 37.0 Å². The summed E-state index contributed by atoms with van der Waals surface area (Å²) in [6, 6.07) is 0.203. The van der Waals surface area contributed by atoms with Crippen molar-refractivity contribution in [2.75, 3.05) is 6.26 Å². The fourth-order valence-electron chi connectivity index (χ4n) is 1.84. The normalized spacial score (nSPS) is 25.6. The van der Waals surface area contributed by atoms with Crippen molar-refractivity contribution in [1.29, 1.82) is 0 Å². The van der Waals surface area contributed by atoms with Gasteiger partial charge in [-0.3, -0.25) is 4.79 Å². The molecule has 0 bridgehead atoms. The van der Waals surface area contributed by atoms with Gasteiger partial charge < -0.3 is 10.4 Å². The largest absolute Gasteiger partial charge is 0.478 e. The van der Waals surface area contributed by atoms with Gasteiger partial charge in [0.2, 0.25) is 5.91 Å². The Labute approximate surface area is 99.5 Å². The molecule has 0 atom stereocenters. The standard InChI is InChI=1S/C11H17NO3S/c1-16-9-4-2-8(3-5-9)12-10(13)6-7-11(14)15/h6-9H,2-5H2,1H3,(H,12,13)(H,14,15)/b7-6+. The van der Waals surface area contributed by atoms with Crippen molar-refractivity contribution in [2.24, 2.45) is 0 Å². The van der Waals surface area contributed by atoms with Gasteiger partial charge in [-0.05, 0) is 31.9 Å². The van der Waals surface area contributed by atoms with Crippen LogP contribution in [0.4, 0.5) is 0 Å². The van der Waals surface area contributed by atoms with Gasteiger partial charge in [-0.2, -0.15) is 11.8 Å². The third-order valence-electron chi connectivity index (χ3n) is 2.73. The molecule has 1 aliphatic rings. The number of amides is 1. The van der Waals surface area contributed by atoms with E-state index in [4.69, 9.17) is 5.11 Å². The Morgan fingerprint density at radius 3 is 2.38 bits per heavy atom. The summed E-state index contributed by atoms with van der Waals surface area (Å²) in [5, 5.41) is 11.9. The zero-order chi connectivity index (χ0) is 12.0. The first kappa shape index (κ1) is 13.1. The van der Waals surface area contributed by atoms with Gasteiger partial charge >= 0.3 is 5.97 Å². The number of hydrogen-bond acceptors (Lipinski definition) is 3. The Kier molecular flexibility index (Phi) is 5.38. The number of aliphatic carboxylic acids is 1. The highest BCUT2D eigenvalue weighted by atomic mass is 32.2. The highest BCUT2D eigenvalue weighted by Gasteiger charge is 2.20. The summed E-state index contributed by atoms with van der Waals surface area (Å²) in [5.41, 5.74) is 0. The van der Waals surface area contributed by atoms with Gasteiger partial charge in [0.25, 0.3) is 0 Å². The van der Waals surface area contributed by atoms with Crippen molar-refractivity contribution in [3.63, 3.8) is 0 Å². The summed E-state index contributed by atoms with van der Waals surface area (Å²) in [5.74, 6) is -1.41. The van der Waals surface area contributed by atoms with Crippen molar-refractivity contribution < 1.29 is 14.7 Å². The van der Waals surface area contributed by atoms with E-state index in [-0.39, 0.29) is 11.9 Å². The monoisotopic (exact) mass is 243 g/mol. The van der Waals surface area contributed by atoms with Crippen LogP contribution in [0, 0.1) is 0 Å². The van der Waals surface area contributed by atoms with Gasteiger partial charge in [0.1, 0.15) is 0 Å². The number of carbonyl (C=O) groups excluding carboxylic acids is 1. The number of thioether (sulfide) groups is 1. The minimum atomic E-state index is -1.10. The van der Waals surface area contributed by atoms with Crippen LogP contribution in [0.15, 0.2) is 12.2 Å². The summed E-state index contributed by atoms with van der Waals surface area (Å²) in [7, 11) is 0. The lowest BCUT2D eigenvalue weighted by atomic mass is 9.95. The quantitative estimate of drug-likeness (QED) is 0.733. The third-order valence-corrected chi connectivity index (χ3v) is 3.87. The molecule has 2 N–H and O–H groups in total. The zero-order valence-corrected chi connectivity index (χ0v) is 10.1. The second-order valence-electron chi connectivity index (χ2n) is 3.89. The molecule has 16 heavy (non-hydrogen) atoms. The molecule has 5 heteroatoms. The van der Waals surface area contributed by atoms with Crippen LogP contribution in [0.1, 0.15) is 25.7 Å². The first-order chi connectivity index (χ1) is 7.61. The van der Waals surface area contributed by atoms with Gasteiger partial charge in [0, 0.05) is 23.4 Å². The van der Waals surface area contributed by atoms with Crippen LogP contribution in [-0.2, 0) is 9.59 Å². The SMILES string of the molecule is CSC1CCC(NC(=O)/C=C/C(=O)O)CC1. The summed E-state index contributed by atoms with van der Waals surface area (Å²) >= 11 is 1.88. The summed E-state index contributed by atoms with van der Waals surface area (Å²) in [6.07, 6.45) is 8.25. The Bertz CT molecular complexity index is 283. The summed E-state index contributed by atoms with van der Waals surface area (Å²) in [4.78, 5) is 21.5. The Balaban J connectivity index is 2.28. The zero-order valence-electron chi connectivity index (χ0n) is 9.31. The molecule has 1 saturated carbocycles. The van der Waals surface area contributed by atoms with E-state index < -0.39 is 5.97 Å². The number of nitrogens with one attached hydrogen (secondary N) is 1. The summed E-state index contributed by atoms with van der Waals surface area (Å²) < 4.78 is 0. The van der Waals surface area contributed by atoms with Gasteiger partial charge in [0.15, 0.2) is 0 Å². The minimum Gasteiger partial charge on any atom is -0.478 e. The van der Waals surface area contributed by atoms with E-state index in [1.807, 2.05) is 11.8 Å². The lowest BCUT2D eigenvalue weighted by Gasteiger charge is -2.27. The molecule has 0 heterocycles. The van der Waals surface area contributed by atoms with Crippen molar-refractivity contribution >= 4 is 23.6 Å². The van der Waals surface area contributed by atoms with Gasteiger partial charge in [-0.25, -0.2) is 4.79 Å². The third kappa shape index (κ3) is 4.70. The molecule has 0 aromatic heterocycles. The molecule has 1 fully saturated rings. The van der Waals surface area contributed by atoms with Gasteiger partial charge in [-0.15, -0.1) is 0 Å². The van der Waals surface area contributed by atoms with Crippen molar-refractivity contribution in [3.05, 3.63) is 12.2 Å². The van der Waals surface area contributed by atoms with Crippen LogP contribution in [0.5, 0.6) is 0 Å². The van der Waals surface area contributed by atoms with Gasteiger partial charge in [-0.1, -0.05) is 0 Å². The number of carbonyl (C=O) groups is 2.